The summed E-state index contributed by atoms with van der Waals surface area (Å²) < 4.78 is 5.40. The standard InChI is InChI=1S/C19H22N2O6/c1-12(22)14-2-3-16-15(10-14)21(18(24)11-27-16)9-6-17(23)20-7-4-13(5-8-20)19(25)26/h2-3,10,13H,4-9,11H2,1H3,(H,25,26). The number of amides is 2. The van der Waals surface area contributed by atoms with E-state index in [0.29, 0.717) is 42.9 Å². The average molecular weight is 374 g/mol. The maximum absolute atomic E-state index is 12.5. The summed E-state index contributed by atoms with van der Waals surface area (Å²) in [6, 6.07) is 4.91. The van der Waals surface area contributed by atoms with E-state index in [4.69, 9.17) is 9.84 Å². The molecule has 144 valence electrons. The number of Topliss-reactive ketones (excluding diaryl/α,β-unsaturated/α-hetero) is 1. The van der Waals surface area contributed by atoms with E-state index in [1.165, 1.54) is 11.8 Å². The Labute approximate surface area is 156 Å². The van der Waals surface area contributed by atoms with Crippen LogP contribution in [-0.2, 0) is 14.4 Å². The maximum atomic E-state index is 12.5. The number of benzene rings is 1. The maximum Gasteiger partial charge on any atom is 0.306 e. The molecule has 1 fully saturated rings. The first-order valence-corrected chi connectivity index (χ1v) is 8.95. The monoisotopic (exact) mass is 374 g/mol. The number of anilines is 1. The molecule has 0 aromatic heterocycles. The Morgan fingerprint density at radius 3 is 2.56 bits per heavy atom. The largest absolute Gasteiger partial charge is 0.482 e. The number of hydrogen-bond acceptors (Lipinski definition) is 5. The lowest BCUT2D eigenvalue weighted by Crippen LogP contribution is -2.44. The second-order valence-electron chi connectivity index (χ2n) is 6.82. The number of aliphatic carboxylic acids is 1. The van der Waals surface area contributed by atoms with Crippen molar-refractivity contribution in [1.82, 2.24) is 4.90 Å². The molecule has 8 nitrogen and oxygen atoms in total. The molecule has 1 aromatic rings. The number of nitrogens with zero attached hydrogens (tertiary/aromatic N) is 2. The van der Waals surface area contributed by atoms with Crippen LogP contribution in [0.25, 0.3) is 0 Å². The third-order valence-corrected chi connectivity index (χ3v) is 5.05. The summed E-state index contributed by atoms with van der Waals surface area (Å²) in [5.41, 5.74) is 0.968. The molecule has 1 aromatic carbocycles. The number of carboxylic acid groups (broad SMARTS) is 1. The minimum absolute atomic E-state index is 0.107. The zero-order chi connectivity index (χ0) is 19.6. The second-order valence-corrected chi connectivity index (χ2v) is 6.82. The summed E-state index contributed by atoms with van der Waals surface area (Å²) in [5, 5.41) is 9.04. The lowest BCUT2D eigenvalue weighted by molar-refractivity contribution is -0.145. The van der Waals surface area contributed by atoms with Gasteiger partial charge in [0.15, 0.2) is 12.4 Å². The molecule has 1 saturated heterocycles. The summed E-state index contributed by atoms with van der Waals surface area (Å²) in [6.07, 6.45) is 1.03. The van der Waals surface area contributed by atoms with Crippen LogP contribution in [0.15, 0.2) is 18.2 Å². The number of carbonyl (C=O) groups excluding carboxylic acids is 3. The topological polar surface area (TPSA) is 104 Å². The van der Waals surface area contributed by atoms with Crippen molar-refractivity contribution < 1.29 is 29.0 Å². The van der Waals surface area contributed by atoms with E-state index in [1.807, 2.05) is 0 Å². The molecule has 2 heterocycles. The Kier molecular flexibility index (Phi) is 5.43. The van der Waals surface area contributed by atoms with Gasteiger partial charge in [-0.2, -0.15) is 0 Å². The number of ketones is 1. The molecule has 0 bridgehead atoms. The molecule has 1 N–H and O–H groups in total. The Bertz CT molecular complexity index is 782. The van der Waals surface area contributed by atoms with E-state index < -0.39 is 11.9 Å². The average Bonchev–Trinajstić information content (AvgIpc) is 2.66. The number of hydrogen-bond donors (Lipinski definition) is 1. The van der Waals surface area contributed by atoms with Crippen LogP contribution in [0.4, 0.5) is 5.69 Å². The van der Waals surface area contributed by atoms with Crippen molar-refractivity contribution in [3.05, 3.63) is 23.8 Å². The summed E-state index contributed by atoms with van der Waals surface area (Å²) in [4.78, 5) is 50.5. The van der Waals surface area contributed by atoms with E-state index >= 15 is 0 Å². The number of rotatable bonds is 5. The molecule has 3 rings (SSSR count). The molecule has 0 radical (unpaired) electrons. The zero-order valence-electron chi connectivity index (χ0n) is 15.1. The van der Waals surface area contributed by atoms with Crippen LogP contribution in [0.2, 0.25) is 0 Å². The predicted molar refractivity (Wildman–Crippen MR) is 95.9 cm³/mol. The third kappa shape index (κ3) is 4.10. The zero-order valence-corrected chi connectivity index (χ0v) is 15.1. The smallest absolute Gasteiger partial charge is 0.306 e. The lowest BCUT2D eigenvalue weighted by atomic mass is 9.97. The Morgan fingerprint density at radius 1 is 1.22 bits per heavy atom. The van der Waals surface area contributed by atoms with Crippen molar-refractivity contribution in [2.45, 2.75) is 26.2 Å². The van der Waals surface area contributed by atoms with Gasteiger partial charge in [-0.25, -0.2) is 0 Å². The van der Waals surface area contributed by atoms with E-state index in [9.17, 15) is 19.2 Å². The highest BCUT2D eigenvalue weighted by molar-refractivity contribution is 6.01. The van der Waals surface area contributed by atoms with Gasteiger partial charge >= 0.3 is 5.97 Å². The van der Waals surface area contributed by atoms with E-state index in [2.05, 4.69) is 0 Å². The third-order valence-electron chi connectivity index (χ3n) is 5.05. The number of likely N-dealkylation sites (tertiary alicyclic amines) is 1. The minimum atomic E-state index is -0.820. The van der Waals surface area contributed by atoms with E-state index in [-0.39, 0.29) is 37.2 Å². The molecule has 8 heteroatoms. The lowest BCUT2D eigenvalue weighted by Gasteiger charge is -2.32. The van der Waals surface area contributed by atoms with Crippen molar-refractivity contribution in [2.75, 3.05) is 31.1 Å². The quantitative estimate of drug-likeness (QED) is 0.780. The Hall–Kier alpha value is -2.90. The number of carboxylic acids is 1. The van der Waals surface area contributed by atoms with Gasteiger partial charge in [-0.1, -0.05) is 0 Å². The Balaban J connectivity index is 1.65. The van der Waals surface area contributed by atoms with Crippen LogP contribution in [0.5, 0.6) is 5.75 Å². The highest BCUT2D eigenvalue weighted by Crippen LogP contribution is 2.33. The van der Waals surface area contributed by atoms with Gasteiger partial charge in [0.1, 0.15) is 5.75 Å². The van der Waals surface area contributed by atoms with Crippen LogP contribution in [0.3, 0.4) is 0 Å². The fourth-order valence-electron chi connectivity index (χ4n) is 3.41. The van der Waals surface area contributed by atoms with Crippen LogP contribution >= 0.6 is 0 Å². The molecule has 0 unspecified atom stereocenters. The van der Waals surface area contributed by atoms with Gasteiger partial charge < -0.3 is 19.6 Å². The van der Waals surface area contributed by atoms with Crippen molar-refractivity contribution >= 4 is 29.3 Å². The van der Waals surface area contributed by atoms with Crippen molar-refractivity contribution in [2.24, 2.45) is 5.92 Å². The molecule has 27 heavy (non-hydrogen) atoms. The highest BCUT2D eigenvalue weighted by Gasteiger charge is 2.29. The molecule has 2 amide bonds. The number of ether oxygens (including phenoxy) is 1. The summed E-state index contributed by atoms with van der Waals surface area (Å²) in [7, 11) is 0. The first-order chi connectivity index (χ1) is 12.9. The minimum Gasteiger partial charge on any atom is -0.482 e. The second kappa shape index (κ2) is 7.77. The van der Waals surface area contributed by atoms with Crippen LogP contribution in [-0.4, -0.2) is 59.8 Å². The SMILES string of the molecule is CC(=O)c1ccc2c(c1)N(CCC(=O)N1CCC(C(=O)O)CC1)C(=O)CO2. The molecule has 0 aliphatic carbocycles. The summed E-state index contributed by atoms with van der Waals surface area (Å²) in [5.74, 6) is -1.20. The predicted octanol–water partition coefficient (Wildman–Crippen LogP) is 1.33. The first kappa shape index (κ1) is 18.9. The molecular weight excluding hydrogens is 352 g/mol. The molecule has 0 saturated carbocycles. The van der Waals surface area contributed by atoms with Crippen molar-refractivity contribution in [3.8, 4) is 5.75 Å². The number of piperidine rings is 1. The fraction of sp³-hybridized carbons (Fsp3) is 0.474. The molecule has 0 spiro atoms. The summed E-state index contributed by atoms with van der Waals surface area (Å²) in [6.45, 7) is 2.36. The number of fused-ring (bicyclic) bond motifs is 1. The molecule has 2 aliphatic heterocycles. The van der Waals surface area contributed by atoms with Gasteiger partial charge in [-0.05, 0) is 38.0 Å². The van der Waals surface area contributed by atoms with Gasteiger partial charge in [0.05, 0.1) is 11.6 Å². The molecule has 2 aliphatic rings. The summed E-state index contributed by atoms with van der Waals surface area (Å²) >= 11 is 0. The molecule has 0 atom stereocenters. The Morgan fingerprint density at radius 2 is 1.93 bits per heavy atom. The highest BCUT2D eigenvalue weighted by atomic mass is 16.5. The van der Waals surface area contributed by atoms with E-state index in [1.54, 1.807) is 23.1 Å². The van der Waals surface area contributed by atoms with Crippen LogP contribution < -0.4 is 9.64 Å². The first-order valence-electron chi connectivity index (χ1n) is 8.95. The normalized spacial score (nSPS) is 17.3. The number of carbonyl (C=O) groups is 4. The van der Waals surface area contributed by atoms with E-state index in [0.717, 1.165) is 0 Å². The van der Waals surface area contributed by atoms with Gasteiger partial charge in [0.2, 0.25) is 5.91 Å². The fourth-order valence-corrected chi connectivity index (χ4v) is 3.41. The van der Waals surface area contributed by atoms with Gasteiger partial charge in [-0.3, -0.25) is 19.2 Å². The van der Waals surface area contributed by atoms with Gasteiger partial charge in [0.25, 0.3) is 5.91 Å². The van der Waals surface area contributed by atoms with Gasteiger partial charge in [-0.15, -0.1) is 0 Å². The van der Waals surface area contributed by atoms with Crippen molar-refractivity contribution in [1.29, 1.82) is 0 Å². The van der Waals surface area contributed by atoms with Crippen LogP contribution in [0.1, 0.15) is 36.5 Å². The van der Waals surface area contributed by atoms with Gasteiger partial charge in [0, 0.05) is 31.6 Å². The molecular formula is C19H22N2O6. The van der Waals surface area contributed by atoms with Crippen LogP contribution in [0, 0.1) is 5.92 Å². The van der Waals surface area contributed by atoms with Crippen molar-refractivity contribution in [3.63, 3.8) is 0 Å².